The zero-order valence-corrected chi connectivity index (χ0v) is 15.3. The summed E-state index contributed by atoms with van der Waals surface area (Å²) in [7, 11) is 0. The molecule has 0 spiro atoms. The normalized spacial score (nSPS) is 16.0. The van der Waals surface area contributed by atoms with Crippen LogP contribution < -0.4 is 5.32 Å². The smallest absolute Gasteiger partial charge is 0.345 e. The van der Waals surface area contributed by atoms with Crippen molar-refractivity contribution in [2.75, 3.05) is 0 Å². The molecule has 0 aliphatic heterocycles. The van der Waals surface area contributed by atoms with Gasteiger partial charge in [-0.3, -0.25) is 9.78 Å². The van der Waals surface area contributed by atoms with Crippen LogP contribution in [-0.4, -0.2) is 20.7 Å². The molecule has 0 fully saturated rings. The number of aryl methyl sites for hydroxylation is 2. The Labute approximate surface area is 163 Å². The summed E-state index contributed by atoms with van der Waals surface area (Å²) < 4.78 is 53.6. The topological polar surface area (TPSA) is 59.8 Å². The van der Waals surface area contributed by atoms with Crippen LogP contribution in [0.4, 0.5) is 17.6 Å². The first-order valence-corrected chi connectivity index (χ1v) is 8.91. The number of hydrogen-bond acceptors (Lipinski definition) is 3. The highest BCUT2D eigenvalue weighted by atomic mass is 19.4. The molecule has 9 heteroatoms. The summed E-state index contributed by atoms with van der Waals surface area (Å²) in [5.41, 5.74) is 1.51. The monoisotopic (exact) mass is 404 g/mol. The zero-order valence-electron chi connectivity index (χ0n) is 15.3. The number of carbonyl (C=O) groups excluding carboxylic acids is 1. The predicted octanol–water partition coefficient (Wildman–Crippen LogP) is 4.15. The quantitative estimate of drug-likeness (QED) is 0.668. The molecule has 0 radical (unpaired) electrons. The average molecular weight is 404 g/mol. The van der Waals surface area contributed by atoms with Crippen LogP contribution in [0.2, 0.25) is 0 Å². The minimum Gasteiger partial charge on any atom is -0.345 e. The molecular formula is C20H16F4N4O. The van der Waals surface area contributed by atoms with Gasteiger partial charge in [-0.05, 0) is 55.7 Å². The van der Waals surface area contributed by atoms with Gasteiger partial charge in [-0.2, -0.15) is 18.3 Å². The fourth-order valence-corrected chi connectivity index (χ4v) is 3.45. The molecule has 4 rings (SSSR count). The number of rotatable bonds is 3. The van der Waals surface area contributed by atoms with E-state index in [1.54, 1.807) is 19.2 Å². The second-order valence-corrected chi connectivity index (χ2v) is 6.95. The van der Waals surface area contributed by atoms with E-state index in [1.807, 2.05) is 0 Å². The largest absolute Gasteiger partial charge is 0.433 e. The summed E-state index contributed by atoms with van der Waals surface area (Å²) in [6, 6.07) is 6.09. The first kappa shape index (κ1) is 19.1. The molecule has 0 bridgehead atoms. The Hall–Kier alpha value is -3.23. The van der Waals surface area contributed by atoms with Crippen LogP contribution in [0.3, 0.4) is 0 Å². The third-order valence-electron chi connectivity index (χ3n) is 4.78. The lowest BCUT2D eigenvalue weighted by Crippen LogP contribution is -2.27. The lowest BCUT2D eigenvalue weighted by atomic mass is 10.1. The van der Waals surface area contributed by atoms with Crippen LogP contribution in [0, 0.1) is 12.7 Å². The molecular weight excluding hydrogens is 388 g/mol. The highest BCUT2D eigenvalue weighted by Crippen LogP contribution is 2.32. The number of nitrogens with one attached hydrogen (secondary N) is 1. The molecule has 150 valence electrons. The van der Waals surface area contributed by atoms with Crippen LogP contribution in [0.1, 0.15) is 45.3 Å². The van der Waals surface area contributed by atoms with Gasteiger partial charge in [0.2, 0.25) is 0 Å². The Morgan fingerprint density at radius 2 is 2.03 bits per heavy atom. The van der Waals surface area contributed by atoms with E-state index in [0.29, 0.717) is 24.1 Å². The molecule has 0 unspecified atom stereocenters. The van der Waals surface area contributed by atoms with Gasteiger partial charge in [-0.25, -0.2) is 9.07 Å². The van der Waals surface area contributed by atoms with Gasteiger partial charge in [0.05, 0.1) is 17.4 Å². The van der Waals surface area contributed by atoms with E-state index in [9.17, 15) is 22.4 Å². The predicted molar refractivity (Wildman–Crippen MR) is 96.0 cm³/mol. The Morgan fingerprint density at radius 3 is 2.76 bits per heavy atom. The number of carbonyl (C=O) groups is 1. The van der Waals surface area contributed by atoms with Gasteiger partial charge in [0.15, 0.2) is 0 Å². The van der Waals surface area contributed by atoms with E-state index in [4.69, 9.17) is 0 Å². The summed E-state index contributed by atoms with van der Waals surface area (Å²) in [5, 5.41) is 7.21. The van der Waals surface area contributed by atoms with Crippen molar-refractivity contribution in [1.29, 1.82) is 0 Å². The van der Waals surface area contributed by atoms with Gasteiger partial charge in [0, 0.05) is 23.5 Å². The molecule has 2 heterocycles. The summed E-state index contributed by atoms with van der Waals surface area (Å²) in [6.07, 6.45) is -0.670. The Bertz CT molecular complexity index is 1070. The van der Waals surface area contributed by atoms with Crippen molar-refractivity contribution in [1.82, 2.24) is 20.1 Å². The molecule has 1 aliphatic rings. The van der Waals surface area contributed by atoms with Crippen LogP contribution in [-0.2, 0) is 12.6 Å². The van der Waals surface area contributed by atoms with Gasteiger partial charge in [0.25, 0.3) is 5.91 Å². The number of fused-ring (bicyclic) bond motifs is 1. The first-order valence-electron chi connectivity index (χ1n) is 8.91. The van der Waals surface area contributed by atoms with E-state index < -0.39 is 23.6 Å². The van der Waals surface area contributed by atoms with Crippen LogP contribution in [0.25, 0.3) is 5.69 Å². The van der Waals surface area contributed by atoms with Crippen LogP contribution in [0.5, 0.6) is 0 Å². The zero-order chi connectivity index (χ0) is 20.8. The van der Waals surface area contributed by atoms with Crippen molar-refractivity contribution in [2.45, 2.75) is 32.0 Å². The fraction of sp³-hybridized carbons (Fsp3) is 0.250. The van der Waals surface area contributed by atoms with Crippen molar-refractivity contribution in [3.05, 3.63) is 76.6 Å². The summed E-state index contributed by atoms with van der Waals surface area (Å²) >= 11 is 0. The number of benzene rings is 1. The maximum atomic E-state index is 13.6. The molecule has 3 aromatic rings. The molecule has 1 amide bonds. The van der Waals surface area contributed by atoms with Crippen molar-refractivity contribution in [3.8, 4) is 5.69 Å². The third kappa shape index (κ3) is 3.85. The van der Waals surface area contributed by atoms with E-state index >= 15 is 0 Å². The lowest BCUT2D eigenvalue weighted by Gasteiger charge is -2.13. The average Bonchev–Trinajstić information content (AvgIpc) is 3.22. The van der Waals surface area contributed by atoms with Crippen LogP contribution in [0.15, 0.2) is 42.7 Å². The number of hydrogen-bond donors (Lipinski definition) is 1. The van der Waals surface area contributed by atoms with Gasteiger partial charge >= 0.3 is 6.18 Å². The van der Waals surface area contributed by atoms with Gasteiger partial charge < -0.3 is 5.32 Å². The molecule has 1 N–H and O–H groups in total. The fourth-order valence-electron chi connectivity index (χ4n) is 3.45. The van der Waals surface area contributed by atoms with E-state index in [1.165, 1.54) is 16.8 Å². The van der Waals surface area contributed by atoms with Crippen molar-refractivity contribution < 1.29 is 22.4 Å². The summed E-state index contributed by atoms with van der Waals surface area (Å²) in [4.78, 5) is 15.9. The first-order chi connectivity index (χ1) is 13.7. The molecule has 5 nitrogen and oxygen atoms in total. The molecule has 1 aromatic carbocycles. The van der Waals surface area contributed by atoms with E-state index in [2.05, 4.69) is 15.4 Å². The van der Waals surface area contributed by atoms with Gasteiger partial charge in [-0.1, -0.05) is 0 Å². The Balaban J connectivity index is 1.57. The molecule has 1 aliphatic carbocycles. The standard InChI is InChI=1S/C20H16F4N4O/c1-11-6-12(8-13(21)7-11)19(29)26-16-2-3-17-15(16)10-28(27-17)14-4-5-25-18(9-14)20(22,23)24/h4-10,16H,2-3H2,1H3,(H,26,29)/t16-/m1/s1. The van der Waals surface area contributed by atoms with E-state index in [0.717, 1.165) is 23.9 Å². The maximum absolute atomic E-state index is 13.6. The minimum absolute atomic E-state index is 0.215. The van der Waals surface area contributed by atoms with E-state index in [-0.39, 0.29) is 17.3 Å². The molecule has 2 aromatic heterocycles. The summed E-state index contributed by atoms with van der Waals surface area (Å²) in [6.45, 7) is 1.70. The summed E-state index contributed by atoms with van der Waals surface area (Å²) in [5.74, 6) is -0.908. The number of nitrogens with zero attached hydrogens (tertiary/aromatic N) is 3. The highest BCUT2D eigenvalue weighted by Gasteiger charge is 2.33. The number of amides is 1. The third-order valence-corrected chi connectivity index (χ3v) is 4.78. The maximum Gasteiger partial charge on any atom is 0.433 e. The minimum atomic E-state index is -4.55. The number of aromatic nitrogens is 3. The molecule has 29 heavy (non-hydrogen) atoms. The van der Waals surface area contributed by atoms with Gasteiger partial charge in [-0.15, -0.1) is 0 Å². The van der Waals surface area contributed by atoms with Crippen LogP contribution >= 0.6 is 0 Å². The lowest BCUT2D eigenvalue weighted by molar-refractivity contribution is -0.141. The SMILES string of the molecule is Cc1cc(F)cc(C(=O)N[C@@H]2CCc3nn(-c4ccnc(C(F)(F)F)c4)cc32)c1. The number of alkyl halides is 3. The second kappa shape index (κ2) is 6.98. The molecule has 0 saturated carbocycles. The Morgan fingerprint density at radius 1 is 1.24 bits per heavy atom. The van der Waals surface area contributed by atoms with Crippen molar-refractivity contribution in [2.24, 2.45) is 0 Å². The Kier molecular flexibility index (Phi) is 4.60. The molecule has 0 saturated heterocycles. The van der Waals surface area contributed by atoms with Crippen molar-refractivity contribution >= 4 is 5.91 Å². The highest BCUT2D eigenvalue weighted by molar-refractivity contribution is 5.94. The van der Waals surface area contributed by atoms with Gasteiger partial charge in [0.1, 0.15) is 11.5 Å². The van der Waals surface area contributed by atoms with Crippen molar-refractivity contribution in [3.63, 3.8) is 0 Å². The second-order valence-electron chi connectivity index (χ2n) is 6.95. The molecule has 1 atom stereocenters. The number of halogens is 4. The number of pyridine rings is 1.